The van der Waals surface area contributed by atoms with Gasteiger partial charge in [-0.2, -0.15) is 10.1 Å². The Morgan fingerprint density at radius 2 is 1.70 bits per heavy atom. The Bertz CT molecular complexity index is 858. The van der Waals surface area contributed by atoms with Crippen LogP contribution in [-0.4, -0.2) is 42.6 Å². The second-order valence-corrected chi connectivity index (χ2v) is 5.47. The van der Waals surface area contributed by atoms with E-state index in [1.54, 1.807) is 20.4 Å². The first-order valence-corrected chi connectivity index (χ1v) is 8.38. The molecule has 8 heteroatoms. The van der Waals surface area contributed by atoms with E-state index in [0.29, 0.717) is 24.9 Å². The molecule has 27 heavy (non-hydrogen) atoms. The van der Waals surface area contributed by atoms with Crippen molar-refractivity contribution < 1.29 is 14.2 Å². The summed E-state index contributed by atoms with van der Waals surface area (Å²) >= 11 is 0. The average Bonchev–Trinajstić information content (AvgIpc) is 2.72. The van der Waals surface area contributed by atoms with Crippen LogP contribution in [0.1, 0.15) is 0 Å². The molecule has 0 aliphatic rings. The van der Waals surface area contributed by atoms with E-state index in [-0.39, 0.29) is 0 Å². The number of rotatable bonds is 9. The Labute approximate surface area is 157 Å². The molecule has 0 saturated carbocycles. The standard InChI is InChI=1S/C19H21N5O3/c1-25-15-6-8-16(9-7-15)27-11-10-20-19-23-18(13-21-24-19)22-14-4-3-5-17(12-14)26-2/h3-9,12-13H,10-11H2,1-2H3,(H2,20,22,23,24). The molecule has 3 aromatic rings. The van der Waals surface area contributed by atoms with Crippen molar-refractivity contribution in [2.75, 3.05) is 38.0 Å². The molecular weight excluding hydrogens is 346 g/mol. The summed E-state index contributed by atoms with van der Waals surface area (Å²) in [7, 11) is 3.26. The summed E-state index contributed by atoms with van der Waals surface area (Å²) < 4.78 is 16.0. The molecule has 0 aliphatic heterocycles. The predicted molar refractivity (Wildman–Crippen MR) is 103 cm³/mol. The maximum Gasteiger partial charge on any atom is 0.244 e. The number of aromatic nitrogens is 3. The van der Waals surface area contributed by atoms with Crippen LogP contribution in [0.25, 0.3) is 0 Å². The van der Waals surface area contributed by atoms with Gasteiger partial charge >= 0.3 is 0 Å². The van der Waals surface area contributed by atoms with E-state index in [2.05, 4.69) is 25.8 Å². The SMILES string of the molecule is COc1ccc(OCCNc2nncc(Nc3cccc(OC)c3)n2)cc1. The highest BCUT2D eigenvalue weighted by Crippen LogP contribution is 2.20. The Kier molecular flexibility index (Phi) is 6.24. The van der Waals surface area contributed by atoms with E-state index in [1.165, 1.54) is 0 Å². The van der Waals surface area contributed by atoms with Gasteiger partial charge in [-0.25, -0.2) is 0 Å². The van der Waals surface area contributed by atoms with Crippen LogP contribution >= 0.6 is 0 Å². The first-order valence-electron chi connectivity index (χ1n) is 8.38. The van der Waals surface area contributed by atoms with Crippen LogP contribution in [0.4, 0.5) is 17.5 Å². The number of methoxy groups -OCH3 is 2. The largest absolute Gasteiger partial charge is 0.497 e. The number of hydrogen-bond donors (Lipinski definition) is 2. The van der Waals surface area contributed by atoms with Crippen molar-refractivity contribution in [2.45, 2.75) is 0 Å². The Morgan fingerprint density at radius 1 is 0.926 bits per heavy atom. The maximum absolute atomic E-state index is 5.66. The van der Waals surface area contributed by atoms with E-state index in [1.807, 2.05) is 48.5 Å². The molecule has 3 rings (SSSR count). The number of ether oxygens (including phenoxy) is 3. The van der Waals surface area contributed by atoms with E-state index in [4.69, 9.17) is 14.2 Å². The fraction of sp³-hybridized carbons (Fsp3) is 0.211. The molecule has 0 atom stereocenters. The van der Waals surface area contributed by atoms with Crippen molar-refractivity contribution in [2.24, 2.45) is 0 Å². The smallest absolute Gasteiger partial charge is 0.244 e. The molecule has 140 valence electrons. The third-order valence-electron chi connectivity index (χ3n) is 3.61. The van der Waals surface area contributed by atoms with E-state index >= 15 is 0 Å². The van der Waals surface area contributed by atoms with Crippen molar-refractivity contribution >= 4 is 17.5 Å². The highest BCUT2D eigenvalue weighted by atomic mass is 16.5. The highest BCUT2D eigenvalue weighted by Gasteiger charge is 2.02. The lowest BCUT2D eigenvalue weighted by Crippen LogP contribution is -2.14. The quantitative estimate of drug-likeness (QED) is 0.558. The van der Waals surface area contributed by atoms with Gasteiger partial charge < -0.3 is 24.8 Å². The topological polar surface area (TPSA) is 90.4 Å². The molecule has 0 unspecified atom stereocenters. The minimum Gasteiger partial charge on any atom is -0.497 e. The second-order valence-electron chi connectivity index (χ2n) is 5.47. The van der Waals surface area contributed by atoms with E-state index in [9.17, 15) is 0 Å². The van der Waals surface area contributed by atoms with Crippen molar-refractivity contribution in [3.05, 3.63) is 54.7 Å². The predicted octanol–water partition coefficient (Wildman–Crippen LogP) is 3.12. The number of nitrogens with one attached hydrogen (secondary N) is 2. The van der Waals surface area contributed by atoms with Crippen LogP contribution in [0.3, 0.4) is 0 Å². The van der Waals surface area contributed by atoms with Gasteiger partial charge in [0.25, 0.3) is 0 Å². The lowest BCUT2D eigenvalue weighted by molar-refractivity contribution is 0.331. The molecule has 0 radical (unpaired) electrons. The molecule has 2 aromatic carbocycles. The van der Waals surface area contributed by atoms with Gasteiger partial charge in [-0.15, -0.1) is 5.10 Å². The van der Waals surface area contributed by atoms with Gasteiger partial charge in [-0.3, -0.25) is 0 Å². The average molecular weight is 367 g/mol. The highest BCUT2D eigenvalue weighted by molar-refractivity contribution is 5.58. The zero-order valence-corrected chi connectivity index (χ0v) is 15.2. The van der Waals surface area contributed by atoms with Crippen molar-refractivity contribution in [1.82, 2.24) is 15.2 Å². The fourth-order valence-electron chi connectivity index (χ4n) is 2.29. The molecule has 0 fully saturated rings. The van der Waals surface area contributed by atoms with Crippen LogP contribution < -0.4 is 24.8 Å². The van der Waals surface area contributed by atoms with Crippen LogP contribution in [0, 0.1) is 0 Å². The summed E-state index contributed by atoms with van der Waals surface area (Å²) in [6.45, 7) is 1.000. The second kappa shape index (κ2) is 9.23. The number of benzene rings is 2. The molecule has 2 N–H and O–H groups in total. The summed E-state index contributed by atoms with van der Waals surface area (Å²) in [5.41, 5.74) is 0.851. The van der Waals surface area contributed by atoms with Crippen LogP contribution in [-0.2, 0) is 0 Å². The Morgan fingerprint density at radius 3 is 2.48 bits per heavy atom. The van der Waals surface area contributed by atoms with Crippen LogP contribution in [0.2, 0.25) is 0 Å². The van der Waals surface area contributed by atoms with Gasteiger partial charge in [0.1, 0.15) is 23.9 Å². The molecule has 0 aliphatic carbocycles. The molecule has 0 bridgehead atoms. The fourth-order valence-corrected chi connectivity index (χ4v) is 2.29. The zero-order chi connectivity index (χ0) is 18.9. The first-order chi connectivity index (χ1) is 13.3. The van der Waals surface area contributed by atoms with Crippen molar-refractivity contribution in [3.63, 3.8) is 0 Å². The molecule has 0 spiro atoms. The lowest BCUT2D eigenvalue weighted by atomic mass is 10.3. The van der Waals surface area contributed by atoms with Crippen LogP contribution in [0.15, 0.2) is 54.7 Å². The zero-order valence-electron chi connectivity index (χ0n) is 15.2. The maximum atomic E-state index is 5.66. The third kappa shape index (κ3) is 5.46. The summed E-state index contributed by atoms with van der Waals surface area (Å²) in [6, 6.07) is 15.0. The lowest BCUT2D eigenvalue weighted by Gasteiger charge is -2.09. The van der Waals surface area contributed by atoms with Gasteiger partial charge in [0, 0.05) is 11.8 Å². The summed E-state index contributed by atoms with van der Waals surface area (Å²) in [6.07, 6.45) is 1.55. The Hall–Kier alpha value is -3.55. The summed E-state index contributed by atoms with van der Waals surface area (Å²) in [5.74, 6) is 3.32. The molecule has 1 aromatic heterocycles. The van der Waals surface area contributed by atoms with Crippen LogP contribution in [0.5, 0.6) is 17.2 Å². The van der Waals surface area contributed by atoms with Gasteiger partial charge in [-0.1, -0.05) is 6.07 Å². The van der Waals surface area contributed by atoms with Crippen molar-refractivity contribution in [3.8, 4) is 17.2 Å². The van der Waals surface area contributed by atoms with Crippen molar-refractivity contribution in [1.29, 1.82) is 0 Å². The minimum atomic E-state index is 0.418. The number of nitrogens with zero attached hydrogens (tertiary/aromatic N) is 3. The van der Waals surface area contributed by atoms with E-state index < -0.39 is 0 Å². The molecule has 8 nitrogen and oxygen atoms in total. The molecule has 0 amide bonds. The number of anilines is 3. The normalized spacial score (nSPS) is 10.1. The minimum absolute atomic E-state index is 0.418. The first kappa shape index (κ1) is 18.2. The van der Waals surface area contributed by atoms with E-state index in [0.717, 1.165) is 22.9 Å². The van der Waals surface area contributed by atoms with Gasteiger partial charge in [0.05, 0.1) is 27.0 Å². The Balaban J connectivity index is 1.49. The van der Waals surface area contributed by atoms with Gasteiger partial charge in [-0.05, 0) is 36.4 Å². The summed E-state index contributed by atoms with van der Waals surface area (Å²) in [5, 5.41) is 14.2. The molecule has 1 heterocycles. The van der Waals surface area contributed by atoms with Gasteiger partial charge in [0.15, 0.2) is 5.82 Å². The van der Waals surface area contributed by atoms with Gasteiger partial charge in [0.2, 0.25) is 5.95 Å². The summed E-state index contributed by atoms with van der Waals surface area (Å²) in [4.78, 5) is 4.38. The third-order valence-corrected chi connectivity index (χ3v) is 3.61. The molecular formula is C19H21N5O3. The monoisotopic (exact) mass is 367 g/mol. The number of hydrogen-bond acceptors (Lipinski definition) is 8. The molecule has 0 saturated heterocycles.